The third-order valence-electron chi connectivity index (χ3n) is 5.51. The number of aromatic nitrogens is 4. The third-order valence-corrected chi connectivity index (χ3v) is 5.68. The van der Waals surface area contributed by atoms with E-state index in [-0.39, 0.29) is 30.0 Å². The van der Waals surface area contributed by atoms with Gasteiger partial charge in [-0.2, -0.15) is 0 Å². The van der Waals surface area contributed by atoms with Crippen molar-refractivity contribution < 1.29 is 23.8 Å². The van der Waals surface area contributed by atoms with Gasteiger partial charge in [-0.3, -0.25) is 9.59 Å². The number of rotatable bonds is 9. The Balaban J connectivity index is 1.58. The number of amides is 1. The van der Waals surface area contributed by atoms with Crippen molar-refractivity contribution in [3.63, 3.8) is 0 Å². The highest BCUT2D eigenvalue weighted by atomic mass is 35.5. The zero-order valence-corrected chi connectivity index (χ0v) is 20.7. The maximum absolute atomic E-state index is 12.5. The van der Waals surface area contributed by atoms with Crippen molar-refractivity contribution in [1.29, 1.82) is 0 Å². The summed E-state index contributed by atoms with van der Waals surface area (Å²) >= 11 is 6.20. The van der Waals surface area contributed by atoms with Crippen molar-refractivity contribution in [2.45, 2.75) is 19.3 Å². The molecule has 12 nitrogen and oxygen atoms in total. The summed E-state index contributed by atoms with van der Waals surface area (Å²) in [5, 5.41) is 6.75. The maximum atomic E-state index is 12.5. The molecule has 2 aromatic heterocycles. The molecule has 0 bridgehead atoms. The van der Waals surface area contributed by atoms with Gasteiger partial charge in [-0.05, 0) is 24.1 Å². The summed E-state index contributed by atoms with van der Waals surface area (Å²) < 4.78 is 15.5. The van der Waals surface area contributed by atoms with Crippen LogP contribution in [0.1, 0.15) is 19.3 Å². The van der Waals surface area contributed by atoms with Gasteiger partial charge in [0.05, 0.1) is 38.6 Å². The third kappa shape index (κ3) is 6.26. The number of hydrogen-bond donors (Lipinski definition) is 2. The number of anilines is 4. The predicted molar refractivity (Wildman–Crippen MR) is 134 cm³/mol. The molecule has 1 aliphatic heterocycles. The Kier molecular flexibility index (Phi) is 8.28. The minimum atomic E-state index is -0.361. The lowest BCUT2D eigenvalue weighted by molar-refractivity contribution is -0.140. The van der Waals surface area contributed by atoms with Gasteiger partial charge in [0.1, 0.15) is 29.5 Å². The van der Waals surface area contributed by atoms with Crippen LogP contribution in [0.5, 0.6) is 5.75 Å². The molecule has 0 saturated carbocycles. The van der Waals surface area contributed by atoms with Crippen LogP contribution in [0.3, 0.4) is 0 Å². The first-order chi connectivity index (χ1) is 17.5. The number of nitrogens with one attached hydrogen (secondary N) is 2. The van der Waals surface area contributed by atoms with Crippen LogP contribution in [-0.2, 0) is 19.1 Å². The number of ether oxygens (including phenoxy) is 3. The van der Waals surface area contributed by atoms with Crippen LogP contribution in [0.15, 0.2) is 24.5 Å². The average molecular weight is 516 g/mol. The van der Waals surface area contributed by atoms with Gasteiger partial charge >= 0.3 is 5.97 Å². The van der Waals surface area contributed by atoms with E-state index in [9.17, 15) is 9.59 Å². The van der Waals surface area contributed by atoms with Gasteiger partial charge in [0.25, 0.3) is 0 Å². The van der Waals surface area contributed by atoms with Crippen LogP contribution in [-0.4, -0.2) is 72.3 Å². The summed E-state index contributed by atoms with van der Waals surface area (Å²) in [7, 11) is 2.82. The monoisotopic (exact) mass is 515 g/mol. The summed E-state index contributed by atoms with van der Waals surface area (Å²) in [6.07, 6.45) is 2.09. The molecule has 0 spiro atoms. The Bertz CT molecular complexity index is 1250. The fourth-order valence-electron chi connectivity index (χ4n) is 3.70. The topological polar surface area (TPSA) is 141 Å². The molecule has 13 heteroatoms. The molecule has 0 atom stereocenters. The van der Waals surface area contributed by atoms with E-state index in [1.165, 1.54) is 20.5 Å². The first-order valence-electron chi connectivity index (χ1n) is 11.3. The molecule has 1 saturated heterocycles. The number of carbonyl (C=O) groups is 2. The van der Waals surface area contributed by atoms with E-state index in [0.29, 0.717) is 72.5 Å². The minimum Gasteiger partial charge on any atom is -0.494 e. The zero-order valence-electron chi connectivity index (χ0n) is 19.9. The second kappa shape index (κ2) is 11.8. The quantitative estimate of drug-likeness (QED) is 0.321. The van der Waals surface area contributed by atoms with E-state index in [1.54, 1.807) is 18.2 Å². The summed E-state index contributed by atoms with van der Waals surface area (Å²) in [5.74, 6) is 1.42. The van der Waals surface area contributed by atoms with Crippen LogP contribution in [0.4, 0.5) is 23.1 Å². The molecule has 1 amide bonds. The minimum absolute atomic E-state index is 0.0985. The zero-order chi connectivity index (χ0) is 25.5. The molecule has 2 N–H and O–H groups in total. The largest absolute Gasteiger partial charge is 0.494 e. The summed E-state index contributed by atoms with van der Waals surface area (Å²) in [4.78, 5) is 43.1. The molecular formula is C23H26ClN7O5. The van der Waals surface area contributed by atoms with Crippen LogP contribution in [0, 0.1) is 0 Å². The molecule has 190 valence electrons. The van der Waals surface area contributed by atoms with Crippen molar-refractivity contribution in [2.75, 3.05) is 56.1 Å². The highest BCUT2D eigenvalue weighted by Gasteiger charge is 2.17. The normalized spacial score (nSPS) is 13.4. The van der Waals surface area contributed by atoms with Gasteiger partial charge in [0.15, 0.2) is 0 Å². The number of esters is 1. The van der Waals surface area contributed by atoms with Crippen LogP contribution < -0.4 is 20.3 Å². The fourth-order valence-corrected chi connectivity index (χ4v) is 3.88. The highest BCUT2D eigenvalue weighted by Crippen LogP contribution is 2.33. The second-order valence-corrected chi connectivity index (χ2v) is 8.21. The molecule has 1 aromatic carbocycles. The number of nitrogens with zero attached hydrogens (tertiary/aromatic N) is 5. The van der Waals surface area contributed by atoms with Gasteiger partial charge in [-0.25, -0.2) is 19.9 Å². The lowest BCUT2D eigenvalue weighted by atomic mass is 10.1. The SMILES string of the molecule is COC(=O)CCCC(=O)Nc1cc2c(Nc3cc(N4CCOCC4)nc(Cl)n3)ncnc2cc1OC. The van der Waals surface area contributed by atoms with E-state index in [1.807, 2.05) is 0 Å². The Morgan fingerprint density at radius 2 is 1.92 bits per heavy atom. The first kappa shape index (κ1) is 25.3. The summed E-state index contributed by atoms with van der Waals surface area (Å²) in [5.41, 5.74) is 1.04. The van der Waals surface area contributed by atoms with E-state index in [2.05, 4.69) is 40.2 Å². The van der Waals surface area contributed by atoms with Gasteiger partial charge in [0, 0.05) is 43.5 Å². The van der Waals surface area contributed by atoms with Crippen LogP contribution >= 0.6 is 11.6 Å². The van der Waals surface area contributed by atoms with Gasteiger partial charge in [-0.1, -0.05) is 0 Å². The lowest BCUT2D eigenvalue weighted by Crippen LogP contribution is -2.36. The van der Waals surface area contributed by atoms with Crippen molar-refractivity contribution >= 4 is 57.5 Å². The Morgan fingerprint density at radius 3 is 2.67 bits per heavy atom. The Morgan fingerprint density at radius 1 is 1.11 bits per heavy atom. The molecular weight excluding hydrogens is 490 g/mol. The lowest BCUT2D eigenvalue weighted by Gasteiger charge is -2.28. The summed E-state index contributed by atoms with van der Waals surface area (Å²) in [6, 6.07) is 5.22. The highest BCUT2D eigenvalue weighted by molar-refractivity contribution is 6.28. The number of morpholine rings is 1. The van der Waals surface area contributed by atoms with Crippen molar-refractivity contribution in [3.05, 3.63) is 29.8 Å². The van der Waals surface area contributed by atoms with Crippen molar-refractivity contribution in [2.24, 2.45) is 0 Å². The number of methoxy groups -OCH3 is 2. The standard InChI is InChI=1S/C23H26ClN7O5/c1-34-17-11-15-14(10-16(17)27-20(32)4-3-5-21(33)35-2)22(26-13-25-15)28-18-12-19(30-23(24)29-18)31-6-8-36-9-7-31/h10-13H,3-9H2,1-2H3,(H,27,32)(H,25,26,28,29,30). The Labute approximate surface area is 212 Å². The smallest absolute Gasteiger partial charge is 0.305 e. The van der Waals surface area contributed by atoms with Crippen molar-refractivity contribution in [1.82, 2.24) is 19.9 Å². The van der Waals surface area contributed by atoms with E-state index in [0.717, 1.165) is 0 Å². The van der Waals surface area contributed by atoms with Gasteiger partial charge < -0.3 is 29.7 Å². The van der Waals surface area contributed by atoms with E-state index >= 15 is 0 Å². The van der Waals surface area contributed by atoms with Crippen LogP contribution in [0.2, 0.25) is 5.28 Å². The molecule has 3 heterocycles. The second-order valence-electron chi connectivity index (χ2n) is 7.87. The number of benzene rings is 1. The Hall–Kier alpha value is -3.77. The molecule has 1 fully saturated rings. The molecule has 3 aromatic rings. The molecule has 0 aliphatic carbocycles. The number of hydrogen-bond acceptors (Lipinski definition) is 11. The van der Waals surface area contributed by atoms with Crippen LogP contribution in [0.25, 0.3) is 10.9 Å². The molecule has 0 unspecified atom stereocenters. The average Bonchev–Trinajstić information content (AvgIpc) is 2.88. The molecule has 36 heavy (non-hydrogen) atoms. The van der Waals surface area contributed by atoms with Gasteiger partial charge in [0.2, 0.25) is 11.2 Å². The molecule has 1 aliphatic rings. The molecule has 0 radical (unpaired) electrons. The van der Waals surface area contributed by atoms with Gasteiger partial charge in [-0.15, -0.1) is 0 Å². The fraction of sp³-hybridized carbons (Fsp3) is 0.391. The van der Waals surface area contributed by atoms with E-state index < -0.39 is 0 Å². The summed E-state index contributed by atoms with van der Waals surface area (Å²) in [6.45, 7) is 2.62. The first-order valence-corrected chi connectivity index (χ1v) is 11.7. The number of fused-ring (bicyclic) bond motifs is 1. The number of carbonyl (C=O) groups excluding carboxylic acids is 2. The molecule has 4 rings (SSSR count). The van der Waals surface area contributed by atoms with E-state index in [4.69, 9.17) is 21.1 Å². The van der Waals surface area contributed by atoms with Crippen molar-refractivity contribution in [3.8, 4) is 5.75 Å². The maximum Gasteiger partial charge on any atom is 0.305 e. The predicted octanol–water partition coefficient (Wildman–Crippen LogP) is 2.94. The number of halogens is 1.